The third-order valence-corrected chi connectivity index (χ3v) is 14.2. The largest absolute Gasteiger partial charge is 0.491 e. The van der Waals surface area contributed by atoms with E-state index >= 15 is 0 Å². The summed E-state index contributed by atoms with van der Waals surface area (Å²) >= 11 is 73.8. The number of benzene rings is 3. The molecule has 31 heteroatoms. The Labute approximate surface area is 573 Å². The molecule has 6 heterocycles. The van der Waals surface area contributed by atoms with Gasteiger partial charge in [0.2, 0.25) is 0 Å². The number of ether oxygens (including phenoxy) is 1. The lowest BCUT2D eigenvalue weighted by Crippen LogP contribution is -2.32. The first-order valence-corrected chi connectivity index (χ1v) is 29.2. The fourth-order valence-electron chi connectivity index (χ4n) is 6.19. The van der Waals surface area contributed by atoms with Gasteiger partial charge in [-0.3, -0.25) is 14.8 Å². The molecule has 2 atom stereocenters. The molecule has 0 spiro atoms. The van der Waals surface area contributed by atoms with Crippen LogP contribution in [0, 0.1) is 17.5 Å². The first-order chi connectivity index (χ1) is 41.9. The van der Waals surface area contributed by atoms with Crippen LogP contribution in [0.2, 0.25) is 65.8 Å². The molecule has 0 radical (unpaired) electrons. The Morgan fingerprint density at radius 1 is 0.528 bits per heavy atom. The van der Waals surface area contributed by atoms with Crippen molar-refractivity contribution in [1.29, 1.82) is 0 Å². The first-order valence-electron chi connectivity index (χ1n) is 24.3. The molecule has 468 valence electrons. The zero-order valence-electron chi connectivity index (χ0n) is 45.6. The topological polar surface area (TPSA) is 222 Å². The summed E-state index contributed by atoms with van der Waals surface area (Å²) in [5, 5.41) is 49.0. The van der Waals surface area contributed by atoms with Crippen LogP contribution in [0.4, 0.5) is 13.2 Å². The van der Waals surface area contributed by atoms with Crippen LogP contribution in [0.1, 0.15) is 69.0 Å². The van der Waals surface area contributed by atoms with E-state index in [1.54, 1.807) is 32.2 Å². The number of methoxy groups -OCH3 is 1. The third-order valence-electron chi connectivity index (χ3n) is 10.6. The van der Waals surface area contributed by atoms with Crippen LogP contribution in [-0.2, 0) is 11.3 Å². The van der Waals surface area contributed by atoms with Crippen molar-refractivity contribution in [1.82, 2.24) is 29.9 Å². The number of hydrogen-bond donors (Lipinski definition) is 5. The normalized spacial score (nSPS) is 10.8. The maximum absolute atomic E-state index is 13.7. The average molecular weight is 1480 g/mol. The Hall–Kier alpha value is -5.14. The first kappa shape index (κ1) is 78.1. The smallest absolute Gasteiger partial charge is 0.465 e. The molecule has 0 aliphatic carbocycles. The number of carbonyl (C=O) groups is 2. The van der Waals surface area contributed by atoms with Crippen LogP contribution in [0.15, 0.2) is 135 Å². The van der Waals surface area contributed by atoms with Gasteiger partial charge >= 0.3 is 13.1 Å². The Morgan fingerprint density at radius 2 is 0.921 bits per heavy atom. The van der Waals surface area contributed by atoms with Crippen LogP contribution < -0.4 is 5.46 Å². The molecule has 9 rings (SSSR count). The summed E-state index contributed by atoms with van der Waals surface area (Å²) in [6.45, 7) is 6.71. The number of carbonyl (C=O) groups excluding carboxylic acids is 2. The number of pyridine rings is 6. The average Bonchev–Trinajstić information content (AvgIpc) is 3.58. The van der Waals surface area contributed by atoms with E-state index in [9.17, 15) is 27.9 Å². The molecule has 9 aromatic rings. The van der Waals surface area contributed by atoms with E-state index in [0.717, 1.165) is 6.07 Å². The standard InChI is InChI=1S/C13H10Cl2FNO.C13H8Cl2FN.C7H5Cl2NO2.C7H7Cl2NO.C6H5BClFO2.C6H5Cl2NO.C6H3Cl2NO/c1-7(18)10-6-17-13(5-11(10)15)9-4-8(14)2-3-12(9)16;1-2-8-7-17-13(6-11(8)15)10-5-9(14)3-4-12(10)16;1-12-7(11)4-3-10-6(9)2-5(4)8;1-4(11)5-3-10-7(9)2-6(5)8;8-4-1-2-6(9)5(3-4)7(10)11;2*7-5-1-6(8)9-2-4(5)3-10/h2-7,18H,1H3;2-7H,1H2;2-3H,1H3;2-4,11H,1H3;1-3,10-11H;1-2,10H,3H2;1-3H. The van der Waals surface area contributed by atoms with Gasteiger partial charge in [-0.2, -0.15) is 0 Å². The van der Waals surface area contributed by atoms with Gasteiger partial charge in [-0.15, -0.1) is 0 Å². The third kappa shape index (κ3) is 26.2. The highest BCUT2D eigenvalue weighted by Gasteiger charge is 2.17. The monoisotopic (exact) mass is 1470 g/mol. The molecule has 0 aliphatic heterocycles. The lowest BCUT2D eigenvalue weighted by molar-refractivity contribution is 0.0600. The summed E-state index contributed by atoms with van der Waals surface area (Å²) < 4.78 is 44.4. The maximum atomic E-state index is 13.7. The van der Waals surface area contributed by atoms with E-state index in [-0.39, 0.29) is 49.4 Å². The minimum atomic E-state index is -1.81. The van der Waals surface area contributed by atoms with Gasteiger partial charge in [0.15, 0.2) is 6.29 Å². The van der Waals surface area contributed by atoms with Crippen molar-refractivity contribution in [2.45, 2.75) is 32.7 Å². The predicted octanol–water partition coefficient (Wildman–Crippen LogP) is 17.9. The van der Waals surface area contributed by atoms with Crippen molar-refractivity contribution in [3.63, 3.8) is 0 Å². The highest BCUT2D eigenvalue weighted by Crippen LogP contribution is 2.31. The molecule has 5 N–H and O–H groups in total. The highest BCUT2D eigenvalue weighted by atomic mass is 35.5. The molecule has 3 aromatic carbocycles. The molecule has 6 aromatic heterocycles. The van der Waals surface area contributed by atoms with Crippen LogP contribution in [-0.4, -0.2) is 81.8 Å². The number of aldehydes is 1. The summed E-state index contributed by atoms with van der Waals surface area (Å²) in [5.41, 5.74) is 4.18. The van der Waals surface area contributed by atoms with E-state index < -0.39 is 36.9 Å². The molecular formula is C58H43BCl13F3N6O8. The minimum Gasteiger partial charge on any atom is -0.465 e. The summed E-state index contributed by atoms with van der Waals surface area (Å²) in [7, 11) is -0.540. The van der Waals surface area contributed by atoms with Crippen molar-refractivity contribution in [2.75, 3.05) is 7.11 Å². The molecule has 89 heavy (non-hydrogen) atoms. The zero-order valence-corrected chi connectivity index (χ0v) is 55.4. The molecule has 0 saturated carbocycles. The second kappa shape index (κ2) is 39.3. The Morgan fingerprint density at radius 3 is 1.33 bits per heavy atom. The van der Waals surface area contributed by atoms with Gasteiger partial charge in [-0.25, -0.2) is 37.9 Å². The lowest BCUT2D eigenvalue weighted by atomic mass is 9.80. The summed E-state index contributed by atoms with van der Waals surface area (Å²) in [6, 6.07) is 21.0. The number of esters is 1. The lowest BCUT2D eigenvalue weighted by Gasteiger charge is -2.09. The number of hydrogen-bond acceptors (Lipinski definition) is 14. The Bertz CT molecular complexity index is 3870. The molecule has 0 bridgehead atoms. The van der Waals surface area contributed by atoms with Crippen LogP contribution >= 0.6 is 151 Å². The van der Waals surface area contributed by atoms with Gasteiger partial charge in [0, 0.05) is 91.1 Å². The van der Waals surface area contributed by atoms with Crippen molar-refractivity contribution in [3.8, 4) is 22.5 Å². The number of aliphatic hydroxyl groups is 3. The number of aromatic nitrogens is 6. The van der Waals surface area contributed by atoms with Gasteiger partial charge in [0.25, 0.3) is 0 Å². The second-order valence-corrected chi connectivity index (χ2v) is 22.2. The van der Waals surface area contributed by atoms with E-state index in [4.69, 9.17) is 171 Å². The molecule has 2 unspecified atom stereocenters. The number of rotatable bonds is 9. The van der Waals surface area contributed by atoms with E-state index in [2.05, 4.69) is 41.2 Å². The van der Waals surface area contributed by atoms with Gasteiger partial charge in [0.05, 0.1) is 78.6 Å². The summed E-state index contributed by atoms with van der Waals surface area (Å²) in [5.74, 6) is -2.01. The Balaban J connectivity index is 0.000000275. The molecule has 0 amide bonds. The molecule has 0 saturated heterocycles. The SMILES string of the molecule is C=Cc1cnc(-c2cc(Cl)ccc2F)cc1Cl.CC(O)c1cnc(-c2cc(Cl)ccc2F)cc1Cl.CC(O)c1cnc(Cl)cc1Cl.COC(=O)c1cnc(Cl)cc1Cl.O=Cc1cnc(Cl)cc1Cl.OB(O)c1cc(Cl)ccc1F.OCc1cnc(Cl)cc1Cl. The summed E-state index contributed by atoms with van der Waals surface area (Å²) in [6.07, 6.45) is 9.40. The van der Waals surface area contributed by atoms with Crippen molar-refractivity contribution in [3.05, 3.63) is 251 Å². The van der Waals surface area contributed by atoms with Crippen molar-refractivity contribution < 1.29 is 52.9 Å². The molecule has 0 aliphatic rings. The van der Waals surface area contributed by atoms with Crippen LogP contribution in [0.3, 0.4) is 0 Å². The van der Waals surface area contributed by atoms with Gasteiger partial charge < -0.3 is 30.1 Å². The highest BCUT2D eigenvalue weighted by molar-refractivity contribution is 6.59. The van der Waals surface area contributed by atoms with Gasteiger partial charge in [-0.1, -0.05) is 163 Å². The van der Waals surface area contributed by atoms with Gasteiger partial charge in [0.1, 0.15) is 38.1 Å². The van der Waals surface area contributed by atoms with Gasteiger partial charge in [-0.05, 0) is 105 Å². The molecule has 0 fully saturated rings. The number of halogens is 16. The molecule has 14 nitrogen and oxygen atoms in total. The van der Waals surface area contributed by atoms with Crippen molar-refractivity contribution >= 4 is 182 Å². The van der Waals surface area contributed by atoms with Crippen LogP contribution in [0.5, 0.6) is 0 Å². The van der Waals surface area contributed by atoms with E-state index in [0.29, 0.717) is 96.5 Å². The second-order valence-electron chi connectivity index (χ2n) is 16.9. The van der Waals surface area contributed by atoms with E-state index in [1.807, 2.05) is 0 Å². The maximum Gasteiger partial charge on any atom is 0.491 e. The van der Waals surface area contributed by atoms with E-state index in [1.165, 1.54) is 117 Å². The minimum absolute atomic E-state index is 0.108. The fourth-order valence-corrected chi connectivity index (χ4v) is 9.05. The molecular weight excluding hydrogens is 1440 g/mol. The Kier molecular flexibility index (Phi) is 34.5. The quantitative estimate of drug-likeness (QED) is 0.0393. The number of aliphatic hydroxyl groups excluding tert-OH is 3. The van der Waals surface area contributed by atoms with Crippen LogP contribution in [0.25, 0.3) is 28.6 Å². The predicted molar refractivity (Wildman–Crippen MR) is 352 cm³/mol. The summed E-state index contributed by atoms with van der Waals surface area (Å²) in [4.78, 5) is 44.2. The zero-order chi connectivity index (χ0) is 66.8. The number of nitrogens with zero attached hydrogens (tertiary/aromatic N) is 6. The van der Waals surface area contributed by atoms with Crippen molar-refractivity contribution in [2.24, 2.45) is 0 Å². The fraction of sp³-hybridized carbons (Fsp3) is 0.103.